The summed E-state index contributed by atoms with van der Waals surface area (Å²) < 4.78 is 45.6. The van der Waals surface area contributed by atoms with Crippen molar-refractivity contribution in [2.75, 3.05) is 0 Å². The second kappa shape index (κ2) is 9.12. The van der Waals surface area contributed by atoms with E-state index in [2.05, 4.69) is 0 Å². The Morgan fingerprint density at radius 1 is 1.09 bits per heavy atom. The Bertz CT molecular complexity index is 1180. The fourth-order valence-electron chi connectivity index (χ4n) is 3.18. The minimum atomic E-state index is -4.92. The van der Waals surface area contributed by atoms with Crippen LogP contribution in [0.1, 0.15) is 51.2 Å². The lowest BCUT2D eigenvalue weighted by Crippen LogP contribution is -2.11. The SMILES string of the molecule is CC(=O)c1ccc(OCc2ccc(C(O)c3cccc(C#N)c3)cc2)c(C(F)(F)F)c1O. The van der Waals surface area contributed by atoms with Gasteiger partial charge in [0.05, 0.1) is 17.2 Å². The van der Waals surface area contributed by atoms with Gasteiger partial charge >= 0.3 is 6.18 Å². The van der Waals surface area contributed by atoms with Crippen molar-refractivity contribution in [1.29, 1.82) is 5.26 Å². The number of aliphatic hydroxyl groups is 1. The maximum absolute atomic E-state index is 13.4. The number of Topliss-reactive ketones (excluding diaryl/α,β-unsaturated/α-hetero) is 1. The minimum absolute atomic E-state index is 0.234. The van der Waals surface area contributed by atoms with Crippen LogP contribution in [0.15, 0.2) is 60.7 Å². The molecule has 0 radical (unpaired) electrons. The van der Waals surface area contributed by atoms with Crippen LogP contribution in [0.25, 0.3) is 0 Å². The topological polar surface area (TPSA) is 90.5 Å². The normalized spacial score (nSPS) is 12.1. The molecule has 5 nitrogen and oxygen atoms in total. The summed E-state index contributed by atoms with van der Waals surface area (Å²) in [7, 11) is 0. The third kappa shape index (κ3) is 4.90. The number of hydrogen-bond acceptors (Lipinski definition) is 5. The molecule has 3 rings (SSSR count). The minimum Gasteiger partial charge on any atom is -0.506 e. The second-order valence-corrected chi connectivity index (χ2v) is 7.06. The number of alkyl halides is 3. The number of nitrogens with zero attached hydrogens (tertiary/aromatic N) is 1. The van der Waals surface area contributed by atoms with Crippen molar-refractivity contribution < 1.29 is 32.9 Å². The number of aliphatic hydroxyl groups excluding tert-OH is 1. The second-order valence-electron chi connectivity index (χ2n) is 7.06. The van der Waals surface area contributed by atoms with E-state index < -0.39 is 40.7 Å². The van der Waals surface area contributed by atoms with Gasteiger partial charge in [-0.3, -0.25) is 4.79 Å². The molecule has 0 aliphatic rings. The Kier molecular flexibility index (Phi) is 6.51. The van der Waals surface area contributed by atoms with Gasteiger partial charge < -0.3 is 14.9 Å². The summed E-state index contributed by atoms with van der Waals surface area (Å²) >= 11 is 0. The van der Waals surface area contributed by atoms with Gasteiger partial charge in [0.1, 0.15) is 29.8 Å². The van der Waals surface area contributed by atoms with Crippen LogP contribution in [0, 0.1) is 11.3 Å². The van der Waals surface area contributed by atoms with Crippen LogP contribution in [0.3, 0.4) is 0 Å². The quantitative estimate of drug-likeness (QED) is 0.517. The number of phenolic OH excluding ortho intramolecular Hbond substituents is 1. The lowest BCUT2D eigenvalue weighted by molar-refractivity contribution is -0.140. The van der Waals surface area contributed by atoms with E-state index in [0.717, 1.165) is 19.1 Å². The summed E-state index contributed by atoms with van der Waals surface area (Å²) in [6, 6.07) is 17.0. The molecule has 0 aliphatic carbocycles. The highest BCUT2D eigenvalue weighted by Crippen LogP contribution is 2.44. The van der Waals surface area contributed by atoms with E-state index in [1.54, 1.807) is 48.5 Å². The van der Waals surface area contributed by atoms with Gasteiger partial charge in [-0.2, -0.15) is 18.4 Å². The molecule has 32 heavy (non-hydrogen) atoms. The molecular weight excluding hydrogens is 423 g/mol. The van der Waals surface area contributed by atoms with Crippen LogP contribution < -0.4 is 4.74 Å². The van der Waals surface area contributed by atoms with E-state index >= 15 is 0 Å². The number of aromatic hydroxyl groups is 1. The molecule has 0 amide bonds. The lowest BCUT2D eigenvalue weighted by atomic mass is 9.99. The first-order valence-electron chi connectivity index (χ1n) is 9.45. The highest BCUT2D eigenvalue weighted by Gasteiger charge is 2.39. The smallest absolute Gasteiger partial charge is 0.423 e. The summed E-state index contributed by atoms with van der Waals surface area (Å²) in [6.07, 6.45) is -5.90. The predicted octanol–water partition coefficient (Wildman–Crippen LogP) is 5.15. The molecule has 0 aromatic heterocycles. The highest BCUT2D eigenvalue weighted by atomic mass is 19.4. The average Bonchev–Trinajstić information content (AvgIpc) is 2.76. The first-order chi connectivity index (χ1) is 15.1. The van der Waals surface area contributed by atoms with Gasteiger partial charge in [-0.25, -0.2) is 0 Å². The number of halogens is 3. The molecule has 8 heteroatoms. The Balaban J connectivity index is 1.79. The fraction of sp³-hybridized carbons (Fsp3) is 0.167. The number of hydrogen-bond donors (Lipinski definition) is 2. The summed E-state index contributed by atoms with van der Waals surface area (Å²) in [5.41, 5.74) is 0.145. The van der Waals surface area contributed by atoms with E-state index in [1.807, 2.05) is 6.07 Å². The number of carbonyl (C=O) groups is 1. The first kappa shape index (κ1) is 22.8. The zero-order chi connectivity index (χ0) is 23.5. The van der Waals surface area contributed by atoms with Crippen molar-refractivity contribution in [2.24, 2.45) is 0 Å². The van der Waals surface area contributed by atoms with Crippen LogP contribution >= 0.6 is 0 Å². The van der Waals surface area contributed by atoms with Gasteiger partial charge in [0.15, 0.2) is 5.78 Å². The third-order valence-electron chi connectivity index (χ3n) is 4.82. The molecule has 1 unspecified atom stereocenters. The molecule has 0 saturated heterocycles. The van der Waals surface area contributed by atoms with Crippen molar-refractivity contribution in [1.82, 2.24) is 0 Å². The van der Waals surface area contributed by atoms with Crippen LogP contribution in [-0.2, 0) is 12.8 Å². The van der Waals surface area contributed by atoms with Crippen molar-refractivity contribution in [3.8, 4) is 17.6 Å². The van der Waals surface area contributed by atoms with Gasteiger partial charge in [0, 0.05) is 0 Å². The van der Waals surface area contributed by atoms with Crippen LogP contribution in [0.4, 0.5) is 13.2 Å². The molecule has 0 aliphatic heterocycles. The maximum atomic E-state index is 13.4. The van der Waals surface area contributed by atoms with Gasteiger partial charge in [0.2, 0.25) is 0 Å². The zero-order valence-corrected chi connectivity index (χ0v) is 16.8. The summed E-state index contributed by atoms with van der Waals surface area (Å²) in [6.45, 7) is 0.824. The first-order valence-corrected chi connectivity index (χ1v) is 9.45. The number of carbonyl (C=O) groups excluding carboxylic acids is 1. The van der Waals surface area contributed by atoms with Crippen LogP contribution in [0.2, 0.25) is 0 Å². The lowest BCUT2D eigenvalue weighted by Gasteiger charge is -2.17. The number of ether oxygens (including phenoxy) is 1. The Hall–Kier alpha value is -3.83. The predicted molar refractivity (Wildman–Crippen MR) is 109 cm³/mol. The van der Waals surface area contributed by atoms with E-state index in [4.69, 9.17) is 10.00 Å². The zero-order valence-electron chi connectivity index (χ0n) is 16.8. The monoisotopic (exact) mass is 441 g/mol. The van der Waals surface area contributed by atoms with E-state index in [1.165, 1.54) is 0 Å². The van der Waals surface area contributed by atoms with Gasteiger partial charge in [-0.1, -0.05) is 36.4 Å². The summed E-state index contributed by atoms with van der Waals surface area (Å²) in [5.74, 6) is -2.47. The molecule has 0 saturated carbocycles. The number of phenols is 1. The standard InChI is InChI=1S/C24H18F3NO4/c1-14(29)19-9-10-20(21(23(19)31)24(25,26)27)32-13-15-5-7-17(8-6-15)22(30)18-4-2-3-16(11-18)12-28/h2-11,22,30-31H,13H2,1H3. The summed E-state index contributed by atoms with van der Waals surface area (Å²) in [5, 5.41) is 29.4. The number of nitriles is 1. The Labute approximate surface area is 181 Å². The average molecular weight is 441 g/mol. The van der Waals surface area contributed by atoms with Crippen molar-refractivity contribution in [3.63, 3.8) is 0 Å². The number of ketones is 1. The molecule has 0 fully saturated rings. The Morgan fingerprint density at radius 3 is 2.38 bits per heavy atom. The van der Waals surface area contributed by atoms with Crippen molar-refractivity contribution >= 4 is 5.78 Å². The number of rotatable bonds is 6. The molecule has 0 heterocycles. The summed E-state index contributed by atoms with van der Waals surface area (Å²) in [4.78, 5) is 11.5. The van der Waals surface area contributed by atoms with Gasteiger partial charge in [0.25, 0.3) is 0 Å². The molecule has 2 N–H and O–H groups in total. The third-order valence-corrected chi connectivity index (χ3v) is 4.82. The van der Waals surface area contributed by atoms with E-state index in [-0.39, 0.29) is 6.61 Å². The molecule has 0 spiro atoms. The fourth-order valence-corrected chi connectivity index (χ4v) is 3.18. The molecule has 0 bridgehead atoms. The molecule has 164 valence electrons. The maximum Gasteiger partial charge on any atom is 0.423 e. The molecule has 1 atom stereocenters. The van der Waals surface area contributed by atoms with E-state index in [9.17, 15) is 28.2 Å². The molecule has 3 aromatic carbocycles. The van der Waals surface area contributed by atoms with Crippen molar-refractivity contribution in [3.05, 3.63) is 94.0 Å². The van der Waals surface area contributed by atoms with Crippen LogP contribution in [0.5, 0.6) is 11.5 Å². The molecule has 3 aromatic rings. The Morgan fingerprint density at radius 2 is 1.78 bits per heavy atom. The van der Waals surface area contributed by atoms with Crippen LogP contribution in [-0.4, -0.2) is 16.0 Å². The largest absolute Gasteiger partial charge is 0.506 e. The van der Waals surface area contributed by atoms with Gasteiger partial charge in [-0.05, 0) is 47.9 Å². The number of benzene rings is 3. The highest BCUT2D eigenvalue weighted by molar-refractivity contribution is 5.97. The molecular formula is C24H18F3NO4. The van der Waals surface area contributed by atoms with Gasteiger partial charge in [-0.15, -0.1) is 0 Å². The van der Waals surface area contributed by atoms with E-state index in [0.29, 0.717) is 22.3 Å². The van der Waals surface area contributed by atoms with Crippen molar-refractivity contribution in [2.45, 2.75) is 25.8 Å².